The van der Waals surface area contributed by atoms with Gasteiger partial charge in [0.25, 0.3) is 0 Å². The van der Waals surface area contributed by atoms with Crippen LogP contribution in [0, 0.1) is 24.5 Å². The van der Waals surface area contributed by atoms with Crippen molar-refractivity contribution >= 4 is 22.9 Å². The summed E-state index contributed by atoms with van der Waals surface area (Å²) in [4.78, 5) is 18.2. The largest absolute Gasteiger partial charge is 0.361 e. The van der Waals surface area contributed by atoms with E-state index in [1.165, 1.54) is 29.5 Å². The van der Waals surface area contributed by atoms with Gasteiger partial charge in [0.1, 0.15) is 0 Å². The van der Waals surface area contributed by atoms with Crippen LogP contribution in [0.5, 0.6) is 0 Å². The number of nitrogens with zero attached hydrogens (tertiary/aromatic N) is 3. The fourth-order valence-corrected chi connectivity index (χ4v) is 6.24. The molecule has 1 N–H and O–H groups in total. The Morgan fingerprint density at radius 3 is 2.49 bits per heavy atom. The van der Waals surface area contributed by atoms with Crippen LogP contribution in [0.1, 0.15) is 62.1 Å². The number of carbonyl (C=O) groups is 1. The first kappa shape index (κ1) is 27.5. The third-order valence-electron chi connectivity index (χ3n) is 8.30. The lowest BCUT2D eigenvalue weighted by Gasteiger charge is -2.47. The third kappa shape index (κ3) is 6.25. The Morgan fingerprint density at radius 1 is 1.08 bits per heavy atom. The van der Waals surface area contributed by atoms with Gasteiger partial charge in [-0.25, -0.2) is 18.8 Å². The Kier molecular flexibility index (Phi) is 8.48. The number of para-hydroxylation sites is 1. The second kappa shape index (κ2) is 12.0. The number of halogens is 2. The van der Waals surface area contributed by atoms with Crippen LogP contribution in [-0.4, -0.2) is 64.6 Å². The molecule has 0 unspecified atom stereocenters. The summed E-state index contributed by atoms with van der Waals surface area (Å²) in [5.41, 5.74) is 3.39. The topological polar surface area (TPSA) is 42.6 Å². The van der Waals surface area contributed by atoms with Gasteiger partial charge in [0.2, 0.25) is 5.91 Å². The lowest BCUT2D eigenvalue weighted by molar-refractivity contribution is -0.131. The van der Waals surface area contributed by atoms with E-state index in [9.17, 15) is 13.6 Å². The van der Waals surface area contributed by atoms with Crippen LogP contribution < -0.4 is 0 Å². The highest BCUT2D eigenvalue weighted by molar-refractivity contribution is 5.91. The molecule has 3 heterocycles. The number of nitrogens with one attached hydrogen (secondary N) is 1. The minimum absolute atomic E-state index is 0.0780. The minimum Gasteiger partial charge on any atom is -0.361 e. The quantitative estimate of drug-likeness (QED) is 0.352. The van der Waals surface area contributed by atoms with Crippen molar-refractivity contribution in [2.75, 3.05) is 32.7 Å². The Morgan fingerprint density at radius 2 is 1.79 bits per heavy atom. The van der Waals surface area contributed by atoms with Gasteiger partial charge in [0.05, 0.1) is 0 Å². The van der Waals surface area contributed by atoms with Gasteiger partial charge in [0, 0.05) is 61.9 Å². The first-order chi connectivity index (χ1) is 18.8. The third-order valence-corrected chi connectivity index (χ3v) is 8.30. The highest BCUT2D eigenvalue weighted by atomic mass is 19.2. The van der Waals surface area contributed by atoms with Crippen LogP contribution >= 0.6 is 0 Å². The number of H-pyrrole nitrogens is 1. The van der Waals surface area contributed by atoms with Crippen molar-refractivity contribution in [1.29, 1.82) is 0 Å². The lowest BCUT2D eigenvalue weighted by atomic mass is 9.89. The predicted octanol–water partition coefficient (Wildman–Crippen LogP) is 6.51. The fraction of sp³-hybridized carbons (Fsp3) is 0.469. The number of fused-ring (bicyclic) bond motifs is 1. The summed E-state index contributed by atoms with van der Waals surface area (Å²) in [6.07, 6.45) is 9.40. The molecular weight excluding hydrogens is 494 g/mol. The molecule has 208 valence electrons. The first-order valence-corrected chi connectivity index (χ1v) is 14.3. The molecule has 2 aliphatic heterocycles. The second-order valence-electron chi connectivity index (χ2n) is 11.6. The van der Waals surface area contributed by atoms with Gasteiger partial charge >= 0.3 is 0 Å². The Hall–Kier alpha value is -3.03. The number of hydrogen-bond acceptors (Lipinski definition) is 3. The monoisotopic (exact) mass is 534 g/mol. The molecule has 0 atom stereocenters. The summed E-state index contributed by atoms with van der Waals surface area (Å²) in [7, 11) is 0. The van der Waals surface area contributed by atoms with Gasteiger partial charge < -0.3 is 9.88 Å². The summed E-state index contributed by atoms with van der Waals surface area (Å²) in [6, 6.07) is 11.7. The first-order valence-electron chi connectivity index (χ1n) is 14.3. The molecule has 0 saturated carbocycles. The zero-order valence-electron chi connectivity index (χ0n) is 23.3. The highest BCUT2D eigenvalue weighted by Gasteiger charge is 2.33. The van der Waals surface area contributed by atoms with Crippen molar-refractivity contribution < 1.29 is 13.6 Å². The molecule has 2 aliphatic rings. The van der Waals surface area contributed by atoms with Gasteiger partial charge in [-0.05, 0) is 85.4 Å². The molecular formula is C32H40F2N4O. The summed E-state index contributed by atoms with van der Waals surface area (Å²) in [5, 5.41) is 6.51. The van der Waals surface area contributed by atoms with E-state index in [-0.39, 0.29) is 11.5 Å². The normalized spacial score (nSPS) is 18.3. The molecule has 5 nitrogen and oxygen atoms in total. The fourth-order valence-electron chi connectivity index (χ4n) is 6.24. The van der Waals surface area contributed by atoms with Gasteiger partial charge in [-0.2, -0.15) is 0 Å². The number of benzene rings is 2. The number of piperidine rings is 2. The van der Waals surface area contributed by atoms with Crippen LogP contribution in [0.4, 0.5) is 8.78 Å². The molecule has 1 amide bonds. The Balaban J connectivity index is 1.18. The summed E-state index contributed by atoms with van der Waals surface area (Å²) in [5.74, 6) is -0.681. The van der Waals surface area contributed by atoms with Gasteiger partial charge in [-0.3, -0.25) is 4.79 Å². The summed E-state index contributed by atoms with van der Waals surface area (Å²) < 4.78 is 27.3. The number of aromatic nitrogens is 1. The van der Waals surface area contributed by atoms with Gasteiger partial charge in [-0.15, -0.1) is 0 Å². The number of aryl methyl sites for hydroxylation is 1. The van der Waals surface area contributed by atoms with Crippen LogP contribution in [0.2, 0.25) is 0 Å². The molecule has 39 heavy (non-hydrogen) atoms. The highest BCUT2D eigenvalue weighted by Crippen LogP contribution is 2.34. The number of aromatic amines is 1. The molecule has 0 aliphatic carbocycles. The SMILES string of the molecule is Cc1cc(/C=C/C(=O)N2CCC(N(CC(C)C)N3CCC(c4c[nH]c5ccccc45)CC3)CC2)cc(F)c1F. The van der Waals surface area contributed by atoms with Crippen LogP contribution in [-0.2, 0) is 4.79 Å². The van der Waals surface area contributed by atoms with E-state index < -0.39 is 11.6 Å². The van der Waals surface area contributed by atoms with Crippen molar-refractivity contribution in [1.82, 2.24) is 19.9 Å². The maximum absolute atomic E-state index is 13.7. The molecule has 0 bridgehead atoms. The summed E-state index contributed by atoms with van der Waals surface area (Å²) >= 11 is 0. The average Bonchev–Trinajstić information content (AvgIpc) is 3.38. The average molecular weight is 535 g/mol. The zero-order chi connectivity index (χ0) is 27.5. The maximum Gasteiger partial charge on any atom is 0.246 e. The minimum atomic E-state index is -0.890. The van der Waals surface area contributed by atoms with Crippen LogP contribution in [0.25, 0.3) is 17.0 Å². The van der Waals surface area contributed by atoms with Crippen molar-refractivity contribution in [3.8, 4) is 0 Å². The van der Waals surface area contributed by atoms with Gasteiger partial charge in [-0.1, -0.05) is 32.0 Å². The maximum atomic E-state index is 13.7. The Bertz CT molecular complexity index is 1290. The molecule has 7 heteroatoms. The predicted molar refractivity (Wildman–Crippen MR) is 153 cm³/mol. The standard InChI is InChI=1S/C32H40F2N4O/c1-22(2)21-38(37-16-10-25(11-17-37)28-20-35-30-7-5-4-6-27(28)30)26-12-14-36(15-13-26)31(39)9-8-24-18-23(3)32(34)29(33)19-24/h4-9,18-20,22,25-26,35H,10-17,21H2,1-3H3/b9-8+. The van der Waals surface area contributed by atoms with Crippen molar-refractivity contribution in [3.63, 3.8) is 0 Å². The van der Waals surface area contributed by atoms with E-state index in [0.29, 0.717) is 36.5 Å². The van der Waals surface area contributed by atoms with Gasteiger partial charge in [0.15, 0.2) is 11.6 Å². The number of rotatable bonds is 7. The van der Waals surface area contributed by atoms with Crippen molar-refractivity contribution in [2.24, 2.45) is 5.92 Å². The lowest BCUT2D eigenvalue weighted by Crippen LogP contribution is -2.56. The number of hydrogen-bond donors (Lipinski definition) is 1. The molecule has 2 aromatic carbocycles. The zero-order valence-corrected chi connectivity index (χ0v) is 23.3. The van der Waals surface area contributed by atoms with E-state index in [0.717, 1.165) is 51.4 Å². The second-order valence-corrected chi connectivity index (χ2v) is 11.6. The van der Waals surface area contributed by atoms with E-state index >= 15 is 0 Å². The van der Waals surface area contributed by atoms with E-state index in [2.05, 4.69) is 59.3 Å². The molecule has 2 fully saturated rings. The van der Waals surface area contributed by atoms with Crippen LogP contribution in [0.3, 0.4) is 0 Å². The number of carbonyl (C=O) groups excluding carboxylic acids is 1. The van der Waals surface area contributed by atoms with E-state index in [1.54, 1.807) is 12.1 Å². The molecule has 5 rings (SSSR count). The molecule has 1 aromatic heterocycles. The molecule has 0 spiro atoms. The smallest absolute Gasteiger partial charge is 0.246 e. The van der Waals surface area contributed by atoms with E-state index in [1.807, 2.05) is 4.90 Å². The van der Waals surface area contributed by atoms with Crippen molar-refractivity contribution in [3.05, 3.63) is 77.0 Å². The molecule has 0 radical (unpaired) electrons. The summed E-state index contributed by atoms with van der Waals surface area (Å²) in [6.45, 7) is 10.6. The number of likely N-dealkylation sites (tertiary alicyclic amines) is 1. The van der Waals surface area contributed by atoms with Crippen molar-refractivity contribution in [2.45, 2.75) is 58.4 Å². The van der Waals surface area contributed by atoms with Crippen LogP contribution in [0.15, 0.2) is 48.7 Å². The number of amides is 1. The van der Waals surface area contributed by atoms with E-state index in [4.69, 9.17) is 0 Å². The number of hydrazine groups is 1. The Labute approximate surface area is 230 Å². The molecule has 2 saturated heterocycles. The molecule has 3 aromatic rings.